The van der Waals surface area contributed by atoms with E-state index < -0.39 is 25.3 Å². The number of aryl methyl sites for hydroxylation is 1. The van der Waals surface area contributed by atoms with Crippen molar-refractivity contribution in [2.24, 2.45) is 0 Å². The van der Waals surface area contributed by atoms with Crippen LogP contribution >= 0.6 is 0 Å². The van der Waals surface area contributed by atoms with Crippen molar-refractivity contribution in [3.8, 4) is 16.9 Å². The predicted molar refractivity (Wildman–Crippen MR) is 152 cm³/mol. The zero-order valence-electron chi connectivity index (χ0n) is 23.2. The lowest BCUT2D eigenvalue weighted by Gasteiger charge is -2.44. The zero-order chi connectivity index (χ0) is 28.5. The van der Waals surface area contributed by atoms with Gasteiger partial charge in [-0.25, -0.2) is 21.6 Å². The summed E-state index contributed by atoms with van der Waals surface area (Å²) in [5.41, 5.74) is 3.08. The maximum absolute atomic E-state index is 12.4. The minimum atomic E-state index is -3.39. The molecule has 0 aromatic heterocycles. The number of sulfone groups is 2. The van der Waals surface area contributed by atoms with Crippen molar-refractivity contribution in [1.29, 1.82) is 0 Å². The summed E-state index contributed by atoms with van der Waals surface area (Å²) >= 11 is 0. The molecule has 8 nitrogen and oxygen atoms in total. The Bertz CT molecular complexity index is 1400. The number of hydrogen-bond acceptors (Lipinski definition) is 7. The van der Waals surface area contributed by atoms with Crippen LogP contribution < -0.4 is 4.74 Å². The Morgan fingerprint density at radius 2 is 1.59 bits per heavy atom. The fraction of sp³-hybridized carbons (Fsp3) is 0.552. The molecular weight excluding hydrogens is 538 g/mol. The summed E-state index contributed by atoms with van der Waals surface area (Å²) in [6, 6.07) is 13.6. The molecular formula is C29H39NO7S2. The third kappa shape index (κ3) is 8.20. The largest absolute Gasteiger partial charge is 0.487 e. The van der Waals surface area contributed by atoms with Crippen LogP contribution in [-0.2, 0) is 36.6 Å². The number of amides is 1. The Balaban J connectivity index is 1.35. The van der Waals surface area contributed by atoms with Crippen LogP contribution in [0.1, 0.15) is 57.6 Å². The van der Waals surface area contributed by atoms with Gasteiger partial charge in [-0.2, -0.15) is 0 Å². The molecule has 10 heteroatoms. The van der Waals surface area contributed by atoms with Crippen LogP contribution in [0.2, 0.25) is 0 Å². The molecule has 4 rings (SSSR count). The summed E-state index contributed by atoms with van der Waals surface area (Å²) < 4.78 is 59.4. The molecule has 1 spiro atoms. The second-order valence-corrected chi connectivity index (χ2v) is 16.3. The number of carbonyl (C=O) groups is 1. The molecule has 0 aliphatic carbocycles. The Morgan fingerprint density at radius 1 is 0.949 bits per heavy atom. The molecule has 214 valence electrons. The third-order valence-electron chi connectivity index (χ3n) is 7.21. The zero-order valence-corrected chi connectivity index (χ0v) is 24.9. The van der Waals surface area contributed by atoms with Crippen molar-refractivity contribution in [3.05, 3.63) is 53.6 Å². The van der Waals surface area contributed by atoms with E-state index in [9.17, 15) is 21.6 Å². The van der Waals surface area contributed by atoms with E-state index in [0.717, 1.165) is 54.4 Å². The lowest BCUT2D eigenvalue weighted by molar-refractivity contribution is -0.0272. The van der Waals surface area contributed by atoms with Crippen LogP contribution in [0.25, 0.3) is 11.1 Å². The van der Waals surface area contributed by atoms with Gasteiger partial charge in [0.25, 0.3) is 0 Å². The number of likely N-dealkylation sites (tertiary alicyclic amines) is 1. The summed E-state index contributed by atoms with van der Waals surface area (Å²) in [5.74, 6) is 0.502. The molecule has 2 aliphatic heterocycles. The van der Waals surface area contributed by atoms with Crippen LogP contribution in [-0.4, -0.2) is 69.9 Å². The number of ether oxygens (including phenoxy) is 2. The average molecular weight is 578 g/mol. The molecule has 1 amide bonds. The van der Waals surface area contributed by atoms with Gasteiger partial charge >= 0.3 is 6.09 Å². The monoisotopic (exact) mass is 577 g/mol. The fourth-order valence-corrected chi connectivity index (χ4v) is 7.42. The number of piperidine rings is 1. The summed E-state index contributed by atoms with van der Waals surface area (Å²) in [6.07, 6.45) is 4.27. The van der Waals surface area contributed by atoms with Crippen molar-refractivity contribution in [3.63, 3.8) is 0 Å². The third-order valence-corrected chi connectivity index (χ3v) is 9.92. The molecule has 1 fully saturated rings. The van der Waals surface area contributed by atoms with Crippen molar-refractivity contribution in [2.75, 3.05) is 30.9 Å². The van der Waals surface area contributed by atoms with Gasteiger partial charge in [0.05, 0.1) is 17.3 Å². The number of benzene rings is 2. The highest BCUT2D eigenvalue weighted by atomic mass is 32.2. The summed E-state index contributed by atoms with van der Waals surface area (Å²) in [4.78, 5) is 14.2. The van der Waals surface area contributed by atoms with Crippen LogP contribution in [0.3, 0.4) is 0 Å². The van der Waals surface area contributed by atoms with E-state index in [0.29, 0.717) is 18.7 Å². The van der Waals surface area contributed by atoms with Crippen molar-refractivity contribution < 1.29 is 31.1 Å². The first-order valence-electron chi connectivity index (χ1n) is 13.4. The van der Waals surface area contributed by atoms with Gasteiger partial charge in [-0.1, -0.05) is 30.3 Å². The highest BCUT2D eigenvalue weighted by Crippen LogP contribution is 2.41. The molecule has 0 saturated carbocycles. The minimum Gasteiger partial charge on any atom is -0.487 e. The van der Waals surface area contributed by atoms with Gasteiger partial charge in [0.1, 0.15) is 26.8 Å². The molecule has 2 heterocycles. The number of fused-ring (bicyclic) bond motifs is 1. The Labute approximate surface area is 232 Å². The van der Waals surface area contributed by atoms with Gasteiger partial charge < -0.3 is 14.4 Å². The average Bonchev–Trinajstić information content (AvgIpc) is 2.82. The van der Waals surface area contributed by atoms with Crippen LogP contribution in [0.15, 0.2) is 42.5 Å². The maximum atomic E-state index is 12.4. The number of nitrogens with zero attached hydrogens (tertiary/aromatic N) is 1. The van der Waals surface area contributed by atoms with Crippen molar-refractivity contribution >= 4 is 25.8 Å². The van der Waals surface area contributed by atoms with Crippen molar-refractivity contribution in [2.45, 2.75) is 69.8 Å². The molecule has 2 aliphatic rings. The number of carbonyl (C=O) groups excluding carboxylic acids is 1. The van der Waals surface area contributed by atoms with Gasteiger partial charge in [0, 0.05) is 32.2 Å². The first-order valence-corrected chi connectivity index (χ1v) is 17.3. The first kappa shape index (κ1) is 29.4. The summed E-state index contributed by atoms with van der Waals surface area (Å²) in [5, 5.41) is 0. The van der Waals surface area contributed by atoms with E-state index in [4.69, 9.17) is 9.47 Å². The highest BCUT2D eigenvalue weighted by molar-refractivity contribution is 7.91. The maximum Gasteiger partial charge on any atom is 0.410 e. The van der Waals surface area contributed by atoms with Crippen LogP contribution in [0.5, 0.6) is 5.75 Å². The van der Waals surface area contributed by atoms with E-state index in [1.807, 2.05) is 57.2 Å². The summed E-state index contributed by atoms with van der Waals surface area (Å²) in [7, 11) is -6.56. The summed E-state index contributed by atoms with van der Waals surface area (Å²) in [6.45, 7) is 6.84. The smallest absolute Gasteiger partial charge is 0.410 e. The van der Waals surface area contributed by atoms with Crippen LogP contribution in [0.4, 0.5) is 4.79 Å². The minimum absolute atomic E-state index is 0.109. The topological polar surface area (TPSA) is 107 Å². The van der Waals surface area contributed by atoms with Gasteiger partial charge in [-0.3, -0.25) is 0 Å². The molecule has 0 bridgehead atoms. The highest BCUT2D eigenvalue weighted by Gasteiger charge is 2.41. The fourth-order valence-electron chi connectivity index (χ4n) is 5.14. The second-order valence-electron chi connectivity index (χ2n) is 11.8. The molecule has 1 saturated heterocycles. The molecule has 0 radical (unpaired) electrons. The quantitative estimate of drug-likeness (QED) is 0.465. The Morgan fingerprint density at radius 3 is 2.21 bits per heavy atom. The molecule has 2 aromatic carbocycles. The normalized spacial score (nSPS) is 17.4. The lowest BCUT2D eigenvalue weighted by atomic mass is 9.82. The van der Waals surface area contributed by atoms with E-state index in [1.165, 1.54) is 0 Å². The van der Waals surface area contributed by atoms with Gasteiger partial charge in [-0.15, -0.1) is 0 Å². The molecule has 0 N–H and O–H groups in total. The molecule has 0 unspecified atom stereocenters. The Kier molecular flexibility index (Phi) is 8.38. The lowest BCUT2D eigenvalue weighted by Crippen LogP contribution is -2.52. The SMILES string of the molecule is CC(C)(C)OC(=O)N1CCC2(CCc3cc(-c4ccc(CS(=O)(=O)CCCS(C)(=O)=O)cc4)ccc3O2)CC1. The predicted octanol–water partition coefficient (Wildman–Crippen LogP) is 4.80. The number of hydrogen-bond donors (Lipinski definition) is 0. The second kappa shape index (κ2) is 11.1. The van der Waals surface area contributed by atoms with E-state index in [1.54, 1.807) is 4.90 Å². The standard InChI is InChI=1S/C29H39NO7S2/c1-28(2,3)37-27(31)30-16-14-29(15-17-30)13-12-25-20-24(10-11-26(25)36-29)23-8-6-22(7-9-23)21-39(34,35)19-5-18-38(4,32)33/h6-11,20H,5,12-19,21H2,1-4H3. The van der Waals surface area contributed by atoms with E-state index in [2.05, 4.69) is 6.07 Å². The molecule has 0 atom stereocenters. The van der Waals surface area contributed by atoms with E-state index in [-0.39, 0.29) is 35.4 Å². The number of rotatable bonds is 7. The van der Waals surface area contributed by atoms with E-state index >= 15 is 0 Å². The van der Waals surface area contributed by atoms with Gasteiger partial charge in [-0.05, 0) is 74.4 Å². The molecule has 39 heavy (non-hydrogen) atoms. The Hall–Kier alpha value is -2.59. The van der Waals surface area contributed by atoms with Crippen LogP contribution in [0, 0.1) is 0 Å². The molecule has 2 aromatic rings. The van der Waals surface area contributed by atoms with Gasteiger partial charge in [0.2, 0.25) is 0 Å². The van der Waals surface area contributed by atoms with Crippen molar-refractivity contribution in [1.82, 2.24) is 4.90 Å². The first-order chi connectivity index (χ1) is 18.1. The van der Waals surface area contributed by atoms with Gasteiger partial charge in [0.15, 0.2) is 9.84 Å².